The molecule has 2 aromatic rings. The van der Waals surface area contributed by atoms with Crippen LogP contribution in [0.1, 0.15) is 49.5 Å². The molecule has 2 aromatic heterocycles. The molecule has 27 heavy (non-hydrogen) atoms. The largest absolute Gasteiger partial charge is 0.436 e. The molecule has 1 unspecified atom stereocenters. The van der Waals surface area contributed by atoms with Gasteiger partial charge in [-0.1, -0.05) is 11.6 Å². The number of hydrogen-bond acceptors (Lipinski definition) is 3. The molecule has 1 N–H and O–H groups in total. The van der Waals surface area contributed by atoms with Crippen molar-refractivity contribution in [1.82, 2.24) is 24.9 Å². The van der Waals surface area contributed by atoms with Gasteiger partial charge in [0.15, 0.2) is 5.69 Å². The van der Waals surface area contributed by atoms with Crippen molar-refractivity contribution < 1.29 is 18.0 Å². The summed E-state index contributed by atoms with van der Waals surface area (Å²) in [6.45, 7) is 2.49. The number of nitrogens with one attached hydrogen (secondary N) is 1. The van der Waals surface area contributed by atoms with Crippen molar-refractivity contribution in [3.8, 4) is 0 Å². The Balaban J connectivity index is 1.64. The molecule has 1 aliphatic rings. The van der Waals surface area contributed by atoms with Crippen LogP contribution < -0.4 is 5.32 Å². The summed E-state index contributed by atoms with van der Waals surface area (Å²) in [6.07, 6.45) is 0.825. The van der Waals surface area contributed by atoms with E-state index in [-0.39, 0.29) is 16.3 Å². The standard InChI is InChI=1S/C16H18BrClF3N5O/c1-9(15(27)22-5-2-6-25-8-11(18)7-23-25)26-13(10-3-4-10)12(17)14(24-26)16(19,20)21/h7-10H,2-6H2,1H3,(H,22,27). The van der Waals surface area contributed by atoms with Gasteiger partial charge in [0.25, 0.3) is 0 Å². The van der Waals surface area contributed by atoms with Crippen LogP contribution in [0.4, 0.5) is 13.2 Å². The number of nitrogens with zero attached hydrogens (tertiary/aromatic N) is 4. The first-order valence-electron chi connectivity index (χ1n) is 8.49. The third-order valence-electron chi connectivity index (χ3n) is 4.33. The van der Waals surface area contributed by atoms with Crippen molar-refractivity contribution in [3.05, 3.63) is 33.3 Å². The highest BCUT2D eigenvalue weighted by Gasteiger charge is 2.42. The lowest BCUT2D eigenvalue weighted by molar-refractivity contribution is -0.142. The lowest BCUT2D eigenvalue weighted by Gasteiger charge is -2.16. The fourth-order valence-electron chi connectivity index (χ4n) is 2.80. The molecule has 0 spiro atoms. The van der Waals surface area contributed by atoms with E-state index in [1.807, 2.05) is 0 Å². The Morgan fingerprint density at radius 1 is 1.48 bits per heavy atom. The van der Waals surface area contributed by atoms with Gasteiger partial charge in [0.05, 0.1) is 21.4 Å². The van der Waals surface area contributed by atoms with E-state index in [1.165, 1.54) is 10.9 Å². The Morgan fingerprint density at radius 3 is 2.74 bits per heavy atom. The molecule has 1 amide bonds. The lowest BCUT2D eigenvalue weighted by Crippen LogP contribution is -2.33. The van der Waals surface area contributed by atoms with E-state index in [9.17, 15) is 18.0 Å². The van der Waals surface area contributed by atoms with E-state index in [0.29, 0.717) is 30.2 Å². The van der Waals surface area contributed by atoms with Crippen molar-refractivity contribution in [2.45, 2.75) is 50.9 Å². The van der Waals surface area contributed by atoms with E-state index < -0.39 is 17.9 Å². The van der Waals surface area contributed by atoms with Crippen LogP contribution in [-0.4, -0.2) is 32.0 Å². The number of rotatable bonds is 7. The second-order valence-electron chi connectivity index (χ2n) is 6.51. The fourth-order valence-corrected chi connectivity index (χ4v) is 3.76. The summed E-state index contributed by atoms with van der Waals surface area (Å²) in [5, 5.41) is 11.0. The van der Waals surface area contributed by atoms with E-state index in [4.69, 9.17) is 11.6 Å². The molecule has 0 aliphatic heterocycles. The number of aryl methyl sites for hydroxylation is 1. The zero-order valence-corrected chi connectivity index (χ0v) is 16.8. The van der Waals surface area contributed by atoms with Crippen LogP contribution in [0.25, 0.3) is 0 Å². The number of amides is 1. The minimum atomic E-state index is -4.57. The van der Waals surface area contributed by atoms with Crippen LogP contribution >= 0.6 is 27.5 Å². The number of carbonyl (C=O) groups is 1. The van der Waals surface area contributed by atoms with Crippen LogP contribution in [0.5, 0.6) is 0 Å². The first kappa shape index (κ1) is 20.2. The normalized spacial score (nSPS) is 15.8. The molecule has 3 rings (SSSR count). The van der Waals surface area contributed by atoms with Gasteiger partial charge >= 0.3 is 6.18 Å². The number of halogens is 5. The number of hydrogen-bond donors (Lipinski definition) is 1. The number of carbonyl (C=O) groups excluding carboxylic acids is 1. The van der Waals surface area contributed by atoms with Crippen LogP contribution in [0.2, 0.25) is 5.02 Å². The van der Waals surface area contributed by atoms with Crippen molar-refractivity contribution >= 4 is 33.4 Å². The maximum atomic E-state index is 13.2. The van der Waals surface area contributed by atoms with Crippen LogP contribution in [-0.2, 0) is 17.5 Å². The maximum Gasteiger partial charge on any atom is 0.436 e. The second-order valence-corrected chi connectivity index (χ2v) is 7.74. The Morgan fingerprint density at radius 2 is 2.19 bits per heavy atom. The summed E-state index contributed by atoms with van der Waals surface area (Å²) < 4.78 is 42.3. The van der Waals surface area contributed by atoms with Crippen LogP contribution in [0.3, 0.4) is 0 Å². The van der Waals surface area contributed by atoms with Gasteiger partial charge in [-0.15, -0.1) is 0 Å². The zero-order valence-electron chi connectivity index (χ0n) is 14.4. The van der Waals surface area contributed by atoms with Crippen molar-refractivity contribution in [2.24, 2.45) is 0 Å². The Hall–Kier alpha value is -1.55. The Kier molecular flexibility index (Phi) is 5.85. The molecule has 6 nitrogen and oxygen atoms in total. The van der Waals surface area contributed by atoms with Crippen molar-refractivity contribution in [1.29, 1.82) is 0 Å². The van der Waals surface area contributed by atoms with E-state index >= 15 is 0 Å². The predicted octanol–water partition coefficient (Wildman–Crippen LogP) is 4.16. The summed E-state index contributed by atoms with van der Waals surface area (Å²) in [6, 6.07) is -0.841. The molecule has 0 radical (unpaired) electrons. The fraction of sp³-hybridized carbons (Fsp3) is 0.562. The average molecular weight is 469 g/mol. The van der Waals surface area contributed by atoms with E-state index in [1.54, 1.807) is 17.8 Å². The molecule has 1 fully saturated rings. The highest BCUT2D eigenvalue weighted by atomic mass is 79.9. The minimum absolute atomic E-state index is 0.00258. The third-order valence-corrected chi connectivity index (χ3v) is 5.31. The Bertz CT molecular complexity index is 831. The molecule has 11 heteroatoms. The summed E-state index contributed by atoms with van der Waals surface area (Å²) >= 11 is 8.81. The molecule has 0 saturated heterocycles. The average Bonchev–Trinajstić information content (AvgIpc) is 3.24. The van der Waals surface area contributed by atoms with Crippen molar-refractivity contribution in [3.63, 3.8) is 0 Å². The molecule has 1 aliphatic carbocycles. The quantitative estimate of drug-likeness (QED) is 0.621. The van der Waals surface area contributed by atoms with E-state index in [2.05, 4.69) is 31.4 Å². The Labute approximate surface area is 167 Å². The van der Waals surface area contributed by atoms with Gasteiger partial charge in [-0.25, -0.2) is 0 Å². The van der Waals surface area contributed by atoms with Gasteiger partial charge in [-0.3, -0.25) is 14.2 Å². The molecule has 0 aromatic carbocycles. The first-order chi connectivity index (χ1) is 12.7. The second kappa shape index (κ2) is 7.83. The van der Waals surface area contributed by atoms with Gasteiger partial charge < -0.3 is 5.32 Å². The van der Waals surface area contributed by atoms with Gasteiger partial charge in [0.2, 0.25) is 5.91 Å². The van der Waals surface area contributed by atoms with E-state index in [0.717, 1.165) is 12.8 Å². The molecule has 0 bridgehead atoms. The lowest BCUT2D eigenvalue weighted by atomic mass is 10.2. The van der Waals surface area contributed by atoms with Crippen molar-refractivity contribution in [2.75, 3.05) is 6.54 Å². The van der Waals surface area contributed by atoms with Gasteiger partial charge in [-0.05, 0) is 42.1 Å². The third kappa shape index (κ3) is 4.66. The molecule has 1 atom stereocenters. The smallest absolute Gasteiger partial charge is 0.354 e. The summed E-state index contributed by atoms with van der Waals surface area (Å²) in [4.78, 5) is 12.4. The molecule has 2 heterocycles. The maximum absolute atomic E-state index is 13.2. The highest BCUT2D eigenvalue weighted by molar-refractivity contribution is 9.10. The highest BCUT2D eigenvalue weighted by Crippen LogP contribution is 2.47. The zero-order chi connectivity index (χ0) is 19.8. The SMILES string of the molecule is CC(C(=O)NCCCn1cc(Cl)cn1)n1nc(C(F)(F)F)c(Br)c1C1CC1. The number of aromatic nitrogens is 4. The number of alkyl halides is 3. The first-order valence-corrected chi connectivity index (χ1v) is 9.66. The van der Waals surface area contributed by atoms with Crippen LogP contribution in [0.15, 0.2) is 16.9 Å². The molecular weight excluding hydrogens is 451 g/mol. The van der Waals surface area contributed by atoms with Gasteiger partial charge in [0, 0.05) is 25.2 Å². The molecule has 148 valence electrons. The summed E-state index contributed by atoms with van der Waals surface area (Å²) in [7, 11) is 0. The topological polar surface area (TPSA) is 64.7 Å². The predicted molar refractivity (Wildman–Crippen MR) is 96.5 cm³/mol. The van der Waals surface area contributed by atoms with Gasteiger partial charge in [0.1, 0.15) is 6.04 Å². The van der Waals surface area contributed by atoms with Gasteiger partial charge in [-0.2, -0.15) is 23.4 Å². The molecule has 1 saturated carbocycles. The summed E-state index contributed by atoms with van der Waals surface area (Å²) in [5.74, 6) is -0.373. The minimum Gasteiger partial charge on any atom is -0.354 e. The summed E-state index contributed by atoms with van der Waals surface area (Å²) in [5.41, 5.74) is -0.546. The van der Waals surface area contributed by atoms with Crippen LogP contribution in [0, 0.1) is 0 Å². The monoisotopic (exact) mass is 467 g/mol. The molecular formula is C16H18BrClF3N5O.